The van der Waals surface area contributed by atoms with Crippen molar-refractivity contribution in [3.8, 4) is 0 Å². The Bertz CT molecular complexity index is 381. The van der Waals surface area contributed by atoms with Crippen LogP contribution in [-0.2, 0) is 0 Å². The molecule has 1 aromatic rings. The Hall–Kier alpha value is -0.990. The Morgan fingerprint density at radius 1 is 1.33 bits per heavy atom. The molecule has 0 radical (unpaired) electrons. The van der Waals surface area contributed by atoms with E-state index in [2.05, 4.69) is 28.0 Å². The molecule has 1 aromatic heterocycles. The first kappa shape index (κ1) is 12.1. The summed E-state index contributed by atoms with van der Waals surface area (Å²) in [6, 6.07) is 0.727. The molecule has 0 aliphatic heterocycles. The van der Waals surface area contributed by atoms with E-state index in [1.165, 1.54) is 44.9 Å². The van der Waals surface area contributed by atoms with Gasteiger partial charge < -0.3 is 9.88 Å². The lowest BCUT2D eigenvalue weighted by Crippen LogP contribution is -2.17. The highest BCUT2D eigenvalue weighted by Crippen LogP contribution is 2.37. The maximum absolute atomic E-state index is 4.43. The number of nitrogens with zero attached hydrogens (tertiary/aromatic N) is 2. The molecule has 3 heteroatoms. The number of aromatic nitrogens is 2. The van der Waals surface area contributed by atoms with E-state index in [0.29, 0.717) is 0 Å². The Morgan fingerprint density at radius 3 is 3.00 bits per heavy atom. The standard InChI is InChI=1S/C15H25N3/c1-12-3-2-4-13(11-12)7-8-16-15-17-9-10-18(15)14-5-6-14/h9-10,12-14H,2-8,11H2,1H3,(H,16,17). The molecule has 2 aliphatic carbocycles. The zero-order valence-electron chi connectivity index (χ0n) is 11.4. The van der Waals surface area contributed by atoms with Gasteiger partial charge in [-0.2, -0.15) is 0 Å². The Labute approximate surface area is 110 Å². The van der Waals surface area contributed by atoms with Crippen molar-refractivity contribution < 1.29 is 0 Å². The lowest BCUT2D eigenvalue weighted by Gasteiger charge is -2.26. The van der Waals surface area contributed by atoms with Crippen LogP contribution in [0.2, 0.25) is 0 Å². The molecule has 0 amide bonds. The maximum Gasteiger partial charge on any atom is 0.203 e. The zero-order chi connectivity index (χ0) is 12.4. The average molecular weight is 247 g/mol. The molecule has 0 bridgehead atoms. The molecule has 1 N–H and O–H groups in total. The molecule has 3 rings (SSSR count). The number of imidazole rings is 1. The second-order valence-electron chi connectivity index (χ2n) is 6.24. The van der Waals surface area contributed by atoms with Crippen molar-refractivity contribution in [1.82, 2.24) is 9.55 Å². The Kier molecular flexibility index (Phi) is 3.57. The van der Waals surface area contributed by atoms with Gasteiger partial charge in [-0.25, -0.2) is 4.98 Å². The summed E-state index contributed by atoms with van der Waals surface area (Å²) in [5.41, 5.74) is 0. The molecule has 2 saturated carbocycles. The summed E-state index contributed by atoms with van der Waals surface area (Å²) in [6.07, 6.45) is 13.7. The number of hydrogen-bond donors (Lipinski definition) is 1. The maximum atomic E-state index is 4.43. The topological polar surface area (TPSA) is 29.9 Å². The van der Waals surface area contributed by atoms with Crippen LogP contribution in [0.3, 0.4) is 0 Å². The van der Waals surface area contributed by atoms with Crippen molar-refractivity contribution in [2.75, 3.05) is 11.9 Å². The molecule has 18 heavy (non-hydrogen) atoms. The SMILES string of the molecule is CC1CCCC(CCNc2nccn2C2CC2)C1. The monoisotopic (exact) mass is 247 g/mol. The van der Waals surface area contributed by atoms with Crippen LogP contribution in [0.1, 0.15) is 57.9 Å². The molecule has 100 valence electrons. The molecule has 0 aromatic carbocycles. The van der Waals surface area contributed by atoms with E-state index in [9.17, 15) is 0 Å². The van der Waals surface area contributed by atoms with Crippen LogP contribution in [0, 0.1) is 11.8 Å². The van der Waals surface area contributed by atoms with E-state index >= 15 is 0 Å². The van der Waals surface area contributed by atoms with E-state index in [0.717, 1.165) is 30.4 Å². The smallest absolute Gasteiger partial charge is 0.203 e. The number of hydrogen-bond acceptors (Lipinski definition) is 2. The van der Waals surface area contributed by atoms with Crippen molar-refractivity contribution in [2.24, 2.45) is 11.8 Å². The second kappa shape index (κ2) is 5.33. The van der Waals surface area contributed by atoms with E-state index < -0.39 is 0 Å². The lowest BCUT2D eigenvalue weighted by molar-refractivity contribution is 0.274. The summed E-state index contributed by atoms with van der Waals surface area (Å²) >= 11 is 0. The van der Waals surface area contributed by atoms with Gasteiger partial charge in [0, 0.05) is 25.0 Å². The fourth-order valence-electron chi connectivity index (χ4n) is 3.31. The van der Waals surface area contributed by atoms with Crippen molar-refractivity contribution in [3.05, 3.63) is 12.4 Å². The van der Waals surface area contributed by atoms with Crippen LogP contribution in [0.4, 0.5) is 5.95 Å². The first-order valence-corrected chi connectivity index (χ1v) is 7.59. The second-order valence-corrected chi connectivity index (χ2v) is 6.24. The van der Waals surface area contributed by atoms with Crippen LogP contribution in [0.15, 0.2) is 12.4 Å². The largest absolute Gasteiger partial charge is 0.356 e. The van der Waals surface area contributed by atoms with Crippen LogP contribution in [0.5, 0.6) is 0 Å². The molecule has 1 heterocycles. The normalized spacial score (nSPS) is 28.3. The molecule has 0 saturated heterocycles. The predicted molar refractivity (Wildman–Crippen MR) is 74.7 cm³/mol. The third-order valence-electron chi connectivity index (χ3n) is 4.49. The summed E-state index contributed by atoms with van der Waals surface area (Å²) in [7, 11) is 0. The predicted octanol–water partition coefficient (Wildman–Crippen LogP) is 3.85. The van der Waals surface area contributed by atoms with Crippen molar-refractivity contribution >= 4 is 5.95 Å². The van der Waals surface area contributed by atoms with Gasteiger partial charge in [0.05, 0.1) is 0 Å². The summed E-state index contributed by atoms with van der Waals surface area (Å²) in [4.78, 5) is 4.43. The minimum Gasteiger partial charge on any atom is -0.356 e. The van der Waals surface area contributed by atoms with Crippen LogP contribution < -0.4 is 5.32 Å². The van der Waals surface area contributed by atoms with Crippen LogP contribution >= 0.6 is 0 Å². The van der Waals surface area contributed by atoms with Gasteiger partial charge in [-0.3, -0.25) is 0 Å². The van der Waals surface area contributed by atoms with Crippen LogP contribution in [-0.4, -0.2) is 16.1 Å². The van der Waals surface area contributed by atoms with E-state index in [-0.39, 0.29) is 0 Å². The summed E-state index contributed by atoms with van der Waals surface area (Å²) in [5.74, 6) is 2.96. The summed E-state index contributed by atoms with van der Waals surface area (Å²) < 4.78 is 2.31. The van der Waals surface area contributed by atoms with Gasteiger partial charge >= 0.3 is 0 Å². The molecule has 2 fully saturated rings. The highest BCUT2D eigenvalue weighted by atomic mass is 15.2. The molecular weight excluding hydrogens is 222 g/mol. The van der Waals surface area contributed by atoms with Crippen molar-refractivity contribution in [1.29, 1.82) is 0 Å². The average Bonchev–Trinajstić information content (AvgIpc) is 3.10. The minimum atomic E-state index is 0.727. The Balaban J connectivity index is 1.45. The highest BCUT2D eigenvalue weighted by molar-refractivity contribution is 5.27. The summed E-state index contributed by atoms with van der Waals surface area (Å²) in [6.45, 7) is 3.49. The minimum absolute atomic E-state index is 0.727. The van der Waals surface area contributed by atoms with Gasteiger partial charge in [0.1, 0.15) is 0 Å². The number of anilines is 1. The van der Waals surface area contributed by atoms with Gasteiger partial charge in [-0.1, -0.05) is 26.2 Å². The van der Waals surface area contributed by atoms with Gasteiger partial charge in [-0.15, -0.1) is 0 Å². The highest BCUT2D eigenvalue weighted by Gasteiger charge is 2.25. The van der Waals surface area contributed by atoms with E-state index in [1.54, 1.807) is 0 Å². The van der Waals surface area contributed by atoms with Crippen molar-refractivity contribution in [2.45, 2.75) is 57.9 Å². The van der Waals surface area contributed by atoms with Gasteiger partial charge in [0.25, 0.3) is 0 Å². The van der Waals surface area contributed by atoms with Crippen molar-refractivity contribution in [3.63, 3.8) is 0 Å². The first-order valence-electron chi connectivity index (χ1n) is 7.59. The third-order valence-corrected chi connectivity index (χ3v) is 4.49. The van der Waals surface area contributed by atoms with E-state index in [4.69, 9.17) is 0 Å². The molecule has 2 atom stereocenters. The molecule has 2 aliphatic rings. The third kappa shape index (κ3) is 2.88. The van der Waals surface area contributed by atoms with Gasteiger partial charge in [0.2, 0.25) is 5.95 Å². The van der Waals surface area contributed by atoms with Crippen LogP contribution in [0.25, 0.3) is 0 Å². The quantitative estimate of drug-likeness (QED) is 0.856. The molecule has 3 nitrogen and oxygen atoms in total. The van der Waals surface area contributed by atoms with Gasteiger partial charge in [-0.05, 0) is 37.5 Å². The molecule has 0 spiro atoms. The Morgan fingerprint density at radius 2 is 2.22 bits per heavy atom. The number of nitrogens with one attached hydrogen (secondary N) is 1. The lowest BCUT2D eigenvalue weighted by atomic mass is 9.81. The number of rotatable bonds is 5. The molecule has 2 unspecified atom stereocenters. The van der Waals surface area contributed by atoms with Gasteiger partial charge in [0.15, 0.2) is 0 Å². The fraction of sp³-hybridized carbons (Fsp3) is 0.800. The van der Waals surface area contributed by atoms with E-state index in [1.807, 2.05) is 6.20 Å². The molecular formula is C15H25N3. The zero-order valence-corrected chi connectivity index (χ0v) is 11.4. The fourth-order valence-corrected chi connectivity index (χ4v) is 3.31. The first-order chi connectivity index (χ1) is 8.83. The summed E-state index contributed by atoms with van der Waals surface area (Å²) in [5, 5.41) is 3.53.